The van der Waals surface area contributed by atoms with Crippen LogP contribution in [0.5, 0.6) is 11.5 Å². The fraction of sp³-hybridized carbons (Fsp3) is 0.421. The Labute approximate surface area is 153 Å². The van der Waals surface area contributed by atoms with Crippen LogP contribution in [0.25, 0.3) is 0 Å². The van der Waals surface area contributed by atoms with Gasteiger partial charge in [0.2, 0.25) is 0 Å². The maximum Gasteiger partial charge on any atom is 0.274 e. The fourth-order valence-corrected chi connectivity index (χ4v) is 2.98. The van der Waals surface area contributed by atoms with Crippen molar-refractivity contribution in [3.63, 3.8) is 0 Å². The smallest absolute Gasteiger partial charge is 0.274 e. The van der Waals surface area contributed by atoms with Gasteiger partial charge in [-0.15, -0.1) is 10.2 Å². The number of rotatable bonds is 6. The van der Waals surface area contributed by atoms with E-state index in [1.807, 2.05) is 23.1 Å². The standard InChI is InChI=1S/C19H24N4O3/c1-25-16-8-6-14(12-17(16)26-2)13-20-18-9-7-15(21-22-18)19(24)23-10-4-3-5-11-23/h6-9,12H,3-5,10-11,13H2,1-2H3,(H,20,22). The van der Waals surface area contributed by atoms with Gasteiger partial charge in [0.1, 0.15) is 5.82 Å². The molecule has 0 saturated carbocycles. The number of nitrogens with zero attached hydrogens (tertiary/aromatic N) is 3. The number of carbonyl (C=O) groups is 1. The lowest BCUT2D eigenvalue weighted by atomic mass is 10.1. The Morgan fingerprint density at radius 2 is 1.81 bits per heavy atom. The van der Waals surface area contributed by atoms with E-state index in [-0.39, 0.29) is 5.91 Å². The first-order chi connectivity index (χ1) is 12.7. The topological polar surface area (TPSA) is 76.6 Å². The molecule has 7 heteroatoms. The molecule has 26 heavy (non-hydrogen) atoms. The number of carbonyl (C=O) groups excluding carboxylic acids is 1. The summed E-state index contributed by atoms with van der Waals surface area (Å²) in [5.41, 5.74) is 1.42. The summed E-state index contributed by atoms with van der Waals surface area (Å²) in [4.78, 5) is 14.3. The van der Waals surface area contributed by atoms with Gasteiger partial charge in [0.05, 0.1) is 14.2 Å². The highest BCUT2D eigenvalue weighted by atomic mass is 16.5. The molecule has 7 nitrogen and oxygen atoms in total. The van der Waals surface area contributed by atoms with Crippen LogP contribution in [0.3, 0.4) is 0 Å². The number of methoxy groups -OCH3 is 2. The van der Waals surface area contributed by atoms with Gasteiger partial charge in [-0.05, 0) is 49.1 Å². The van der Waals surface area contributed by atoms with Gasteiger partial charge in [-0.1, -0.05) is 6.07 Å². The number of hydrogen-bond acceptors (Lipinski definition) is 6. The molecule has 3 rings (SSSR count). The van der Waals surface area contributed by atoms with E-state index >= 15 is 0 Å². The third-order valence-corrected chi connectivity index (χ3v) is 4.45. The summed E-state index contributed by atoms with van der Waals surface area (Å²) in [7, 11) is 3.22. The minimum atomic E-state index is -0.0383. The molecule has 0 bridgehead atoms. The molecule has 2 aromatic rings. The van der Waals surface area contributed by atoms with Gasteiger partial charge < -0.3 is 19.7 Å². The Hall–Kier alpha value is -2.83. The van der Waals surface area contributed by atoms with Crippen molar-refractivity contribution < 1.29 is 14.3 Å². The highest BCUT2D eigenvalue weighted by molar-refractivity contribution is 5.92. The van der Waals surface area contributed by atoms with Gasteiger partial charge in [0.25, 0.3) is 5.91 Å². The molecule has 1 aliphatic heterocycles. The van der Waals surface area contributed by atoms with E-state index in [9.17, 15) is 4.79 Å². The van der Waals surface area contributed by atoms with Gasteiger partial charge in [-0.25, -0.2) is 0 Å². The van der Waals surface area contributed by atoms with Crippen LogP contribution in [0, 0.1) is 0 Å². The van der Waals surface area contributed by atoms with Crippen LogP contribution < -0.4 is 14.8 Å². The fourth-order valence-electron chi connectivity index (χ4n) is 2.98. The highest BCUT2D eigenvalue weighted by Crippen LogP contribution is 2.27. The van der Waals surface area contributed by atoms with E-state index in [4.69, 9.17) is 9.47 Å². The van der Waals surface area contributed by atoms with Crippen molar-refractivity contribution in [2.75, 3.05) is 32.6 Å². The van der Waals surface area contributed by atoms with E-state index in [2.05, 4.69) is 15.5 Å². The second kappa shape index (κ2) is 8.51. The monoisotopic (exact) mass is 356 g/mol. The minimum Gasteiger partial charge on any atom is -0.493 e. The summed E-state index contributed by atoms with van der Waals surface area (Å²) in [6, 6.07) is 9.23. The summed E-state index contributed by atoms with van der Waals surface area (Å²) >= 11 is 0. The van der Waals surface area contributed by atoms with Crippen LogP contribution in [0.15, 0.2) is 30.3 Å². The maximum absolute atomic E-state index is 12.4. The molecule has 0 radical (unpaired) electrons. The molecule has 0 atom stereocenters. The van der Waals surface area contributed by atoms with Crippen LogP contribution in [0.4, 0.5) is 5.82 Å². The van der Waals surface area contributed by atoms with Crippen LogP contribution in [-0.2, 0) is 6.54 Å². The molecule has 1 aromatic heterocycles. The van der Waals surface area contributed by atoms with Crippen LogP contribution in [0.1, 0.15) is 35.3 Å². The quantitative estimate of drug-likeness (QED) is 0.858. The molecular formula is C19H24N4O3. The molecule has 2 heterocycles. The van der Waals surface area contributed by atoms with Gasteiger partial charge in [-0.3, -0.25) is 4.79 Å². The Morgan fingerprint density at radius 3 is 2.46 bits per heavy atom. The Morgan fingerprint density at radius 1 is 1.04 bits per heavy atom. The molecule has 1 saturated heterocycles. The average molecular weight is 356 g/mol. The molecule has 0 unspecified atom stereocenters. The van der Waals surface area contributed by atoms with Crippen LogP contribution in [0.2, 0.25) is 0 Å². The van der Waals surface area contributed by atoms with Crippen LogP contribution >= 0.6 is 0 Å². The van der Waals surface area contributed by atoms with Gasteiger partial charge in [0, 0.05) is 19.6 Å². The molecule has 1 aromatic carbocycles. The highest BCUT2D eigenvalue weighted by Gasteiger charge is 2.19. The number of ether oxygens (including phenoxy) is 2. The largest absolute Gasteiger partial charge is 0.493 e. The first kappa shape index (κ1) is 18.0. The summed E-state index contributed by atoms with van der Waals surface area (Å²) in [6.07, 6.45) is 3.31. The summed E-state index contributed by atoms with van der Waals surface area (Å²) in [5.74, 6) is 1.95. The lowest BCUT2D eigenvalue weighted by molar-refractivity contribution is 0.0717. The van der Waals surface area contributed by atoms with E-state index in [0.717, 1.165) is 31.5 Å². The zero-order valence-electron chi connectivity index (χ0n) is 15.2. The zero-order valence-corrected chi connectivity index (χ0v) is 15.2. The summed E-state index contributed by atoms with van der Waals surface area (Å²) < 4.78 is 10.5. The minimum absolute atomic E-state index is 0.0383. The molecule has 1 aliphatic rings. The summed E-state index contributed by atoms with van der Waals surface area (Å²) in [6.45, 7) is 2.17. The van der Waals surface area contributed by atoms with Gasteiger partial charge >= 0.3 is 0 Å². The molecular weight excluding hydrogens is 332 g/mol. The zero-order chi connectivity index (χ0) is 18.4. The number of nitrogens with one attached hydrogen (secondary N) is 1. The Balaban J connectivity index is 1.60. The van der Waals surface area contributed by atoms with E-state index in [1.54, 1.807) is 26.4 Å². The molecule has 138 valence electrons. The van der Waals surface area contributed by atoms with Crippen molar-refractivity contribution in [2.24, 2.45) is 0 Å². The third kappa shape index (κ3) is 4.22. The maximum atomic E-state index is 12.4. The van der Waals surface area contributed by atoms with Crippen molar-refractivity contribution in [2.45, 2.75) is 25.8 Å². The van der Waals surface area contributed by atoms with Crippen molar-refractivity contribution >= 4 is 11.7 Å². The number of hydrogen-bond donors (Lipinski definition) is 1. The summed E-state index contributed by atoms with van der Waals surface area (Å²) in [5, 5.41) is 11.4. The lowest BCUT2D eigenvalue weighted by Gasteiger charge is -2.26. The second-order valence-electron chi connectivity index (χ2n) is 6.20. The first-order valence-electron chi connectivity index (χ1n) is 8.79. The third-order valence-electron chi connectivity index (χ3n) is 4.45. The number of benzene rings is 1. The lowest BCUT2D eigenvalue weighted by Crippen LogP contribution is -2.36. The molecule has 0 aliphatic carbocycles. The first-order valence-corrected chi connectivity index (χ1v) is 8.79. The van der Waals surface area contributed by atoms with Crippen molar-refractivity contribution in [3.05, 3.63) is 41.6 Å². The van der Waals surface area contributed by atoms with E-state index in [0.29, 0.717) is 29.6 Å². The van der Waals surface area contributed by atoms with Gasteiger partial charge in [0.15, 0.2) is 17.2 Å². The molecule has 0 spiro atoms. The second-order valence-corrected chi connectivity index (χ2v) is 6.20. The normalized spacial score (nSPS) is 14.0. The van der Waals surface area contributed by atoms with E-state index < -0.39 is 0 Å². The Bertz CT molecular complexity index is 743. The predicted molar refractivity (Wildman–Crippen MR) is 98.7 cm³/mol. The number of anilines is 1. The predicted octanol–water partition coefficient (Wildman–Crippen LogP) is 2.73. The molecule has 1 N–H and O–H groups in total. The van der Waals surface area contributed by atoms with Gasteiger partial charge in [-0.2, -0.15) is 0 Å². The number of likely N-dealkylation sites (tertiary alicyclic amines) is 1. The van der Waals surface area contributed by atoms with Crippen molar-refractivity contribution in [3.8, 4) is 11.5 Å². The SMILES string of the molecule is COc1ccc(CNc2ccc(C(=O)N3CCCCC3)nn2)cc1OC. The van der Waals surface area contributed by atoms with Crippen LogP contribution in [-0.4, -0.2) is 48.3 Å². The average Bonchev–Trinajstić information content (AvgIpc) is 2.72. The number of aromatic nitrogens is 2. The number of piperidine rings is 1. The van der Waals surface area contributed by atoms with Crippen molar-refractivity contribution in [1.29, 1.82) is 0 Å². The molecule has 1 fully saturated rings. The number of amides is 1. The van der Waals surface area contributed by atoms with Crippen molar-refractivity contribution in [1.82, 2.24) is 15.1 Å². The molecule has 1 amide bonds. The Kier molecular flexibility index (Phi) is 5.88. The van der Waals surface area contributed by atoms with E-state index in [1.165, 1.54) is 6.42 Å².